The second-order valence-electron chi connectivity index (χ2n) is 5.43. The summed E-state index contributed by atoms with van der Waals surface area (Å²) in [6, 6.07) is 13.1. The van der Waals surface area contributed by atoms with Crippen LogP contribution in [0, 0.1) is 0 Å². The molecular weight excluding hydrogens is 416 g/mol. The Bertz CT molecular complexity index is 808. The van der Waals surface area contributed by atoms with E-state index in [1.807, 2.05) is 6.92 Å². The Kier molecular flexibility index (Phi) is 7.81. The number of halogens is 1. The van der Waals surface area contributed by atoms with Gasteiger partial charge in [0.05, 0.1) is 17.7 Å². The van der Waals surface area contributed by atoms with Crippen molar-refractivity contribution >= 4 is 33.7 Å². The van der Waals surface area contributed by atoms with Crippen LogP contribution < -0.4 is 15.6 Å². The van der Waals surface area contributed by atoms with Crippen LogP contribution in [-0.2, 0) is 9.53 Å². The number of esters is 1. The Hall–Kier alpha value is -2.87. The van der Waals surface area contributed by atoms with Gasteiger partial charge in [-0.05, 0) is 58.7 Å². The van der Waals surface area contributed by atoms with Crippen molar-refractivity contribution < 1.29 is 23.9 Å². The van der Waals surface area contributed by atoms with Crippen molar-refractivity contribution in [1.29, 1.82) is 0 Å². The molecule has 27 heavy (non-hydrogen) atoms. The van der Waals surface area contributed by atoms with Gasteiger partial charge in [-0.2, -0.15) is 0 Å². The Morgan fingerprint density at radius 1 is 1.00 bits per heavy atom. The number of nitrogens with one attached hydrogen (secondary N) is 2. The first-order valence-electron chi connectivity index (χ1n) is 8.25. The van der Waals surface area contributed by atoms with Crippen molar-refractivity contribution in [2.75, 3.05) is 13.2 Å². The van der Waals surface area contributed by atoms with Gasteiger partial charge in [0.15, 0.2) is 6.61 Å². The zero-order valence-electron chi connectivity index (χ0n) is 14.7. The molecular formula is C19H19BrN2O5. The highest BCUT2D eigenvalue weighted by atomic mass is 79.9. The molecule has 2 N–H and O–H groups in total. The summed E-state index contributed by atoms with van der Waals surface area (Å²) in [6.07, 6.45) is 0.750. The fourth-order valence-electron chi connectivity index (χ4n) is 1.99. The summed E-state index contributed by atoms with van der Waals surface area (Å²) in [6.45, 7) is 1.98. The van der Waals surface area contributed by atoms with Gasteiger partial charge in [0.25, 0.3) is 11.8 Å². The normalized spacial score (nSPS) is 10.0. The number of hydrazine groups is 1. The number of ether oxygens (including phenoxy) is 2. The second-order valence-corrected chi connectivity index (χ2v) is 6.29. The van der Waals surface area contributed by atoms with E-state index >= 15 is 0 Å². The molecule has 0 unspecified atom stereocenters. The number of carbonyl (C=O) groups excluding carboxylic acids is 3. The van der Waals surface area contributed by atoms with Crippen LogP contribution in [0.5, 0.6) is 5.75 Å². The summed E-state index contributed by atoms with van der Waals surface area (Å²) >= 11 is 3.26. The maximum atomic E-state index is 12.0. The molecule has 0 bridgehead atoms. The molecule has 0 saturated heterocycles. The van der Waals surface area contributed by atoms with Crippen LogP contribution in [0.2, 0.25) is 0 Å². The molecule has 0 aliphatic heterocycles. The van der Waals surface area contributed by atoms with Crippen molar-refractivity contribution in [2.24, 2.45) is 0 Å². The molecule has 0 aliphatic rings. The van der Waals surface area contributed by atoms with Gasteiger partial charge in [0.2, 0.25) is 0 Å². The molecule has 2 amide bonds. The van der Waals surface area contributed by atoms with Crippen LogP contribution in [0.15, 0.2) is 53.0 Å². The lowest BCUT2D eigenvalue weighted by Gasteiger charge is -2.10. The van der Waals surface area contributed by atoms with Crippen LogP contribution in [0.3, 0.4) is 0 Å². The van der Waals surface area contributed by atoms with Crippen LogP contribution in [0.4, 0.5) is 0 Å². The lowest BCUT2D eigenvalue weighted by Crippen LogP contribution is -2.43. The Labute approximate surface area is 165 Å². The van der Waals surface area contributed by atoms with Crippen molar-refractivity contribution in [3.8, 4) is 5.75 Å². The van der Waals surface area contributed by atoms with Gasteiger partial charge in [-0.25, -0.2) is 4.79 Å². The van der Waals surface area contributed by atoms with E-state index in [1.165, 1.54) is 0 Å². The molecule has 2 aromatic carbocycles. The van der Waals surface area contributed by atoms with Gasteiger partial charge in [0, 0.05) is 4.47 Å². The van der Waals surface area contributed by atoms with E-state index in [4.69, 9.17) is 9.47 Å². The lowest BCUT2D eigenvalue weighted by atomic mass is 10.2. The first-order chi connectivity index (χ1) is 13.0. The third kappa shape index (κ3) is 6.41. The Balaban J connectivity index is 1.77. The predicted molar refractivity (Wildman–Crippen MR) is 102 cm³/mol. The van der Waals surface area contributed by atoms with E-state index in [9.17, 15) is 14.4 Å². The highest BCUT2D eigenvalue weighted by molar-refractivity contribution is 9.10. The molecule has 0 aromatic heterocycles. The fraction of sp³-hybridized carbons (Fsp3) is 0.211. The quantitative estimate of drug-likeness (QED) is 0.516. The van der Waals surface area contributed by atoms with Gasteiger partial charge in [-0.3, -0.25) is 20.4 Å². The first kappa shape index (κ1) is 20.4. The van der Waals surface area contributed by atoms with Crippen molar-refractivity contribution in [2.45, 2.75) is 13.3 Å². The maximum Gasteiger partial charge on any atom is 0.338 e. The third-order valence-electron chi connectivity index (χ3n) is 3.33. The predicted octanol–water partition coefficient (Wildman–Crippen LogP) is 2.86. The topological polar surface area (TPSA) is 93.7 Å². The molecule has 7 nitrogen and oxygen atoms in total. The van der Waals surface area contributed by atoms with Gasteiger partial charge in [-0.1, -0.05) is 19.1 Å². The number of hydrogen-bond donors (Lipinski definition) is 2. The number of benzene rings is 2. The van der Waals surface area contributed by atoms with Crippen molar-refractivity contribution in [3.63, 3.8) is 0 Å². The molecule has 0 spiro atoms. The van der Waals surface area contributed by atoms with Crippen molar-refractivity contribution in [1.82, 2.24) is 10.9 Å². The van der Waals surface area contributed by atoms with E-state index in [0.717, 1.165) is 6.42 Å². The molecule has 2 rings (SSSR count). The minimum absolute atomic E-state index is 0.296. The summed E-state index contributed by atoms with van der Waals surface area (Å²) in [5, 5.41) is 0. The molecule has 0 saturated carbocycles. The smallest absolute Gasteiger partial charge is 0.338 e. The Morgan fingerprint density at radius 2 is 1.70 bits per heavy atom. The second kappa shape index (κ2) is 10.3. The largest absolute Gasteiger partial charge is 0.484 e. The molecule has 0 fully saturated rings. The van der Waals surface area contributed by atoms with E-state index in [2.05, 4.69) is 26.8 Å². The third-order valence-corrected chi connectivity index (χ3v) is 4.02. The monoisotopic (exact) mass is 434 g/mol. The number of amides is 2. The van der Waals surface area contributed by atoms with Crippen LogP contribution in [0.25, 0.3) is 0 Å². The zero-order valence-corrected chi connectivity index (χ0v) is 16.2. The molecule has 0 aliphatic carbocycles. The maximum absolute atomic E-state index is 12.0. The van der Waals surface area contributed by atoms with Crippen LogP contribution in [0.1, 0.15) is 34.1 Å². The number of hydrogen-bond acceptors (Lipinski definition) is 5. The average molecular weight is 435 g/mol. The van der Waals surface area contributed by atoms with Crippen LogP contribution >= 0.6 is 15.9 Å². The standard InChI is InChI=1S/C19H19BrN2O5/c1-2-11-26-19(25)13-7-9-14(10-8-13)27-12-17(23)21-22-18(24)15-5-3-4-6-16(15)20/h3-10H,2,11-12H2,1H3,(H,21,23)(H,22,24). The molecule has 0 atom stereocenters. The first-order valence-corrected chi connectivity index (χ1v) is 9.04. The van der Waals surface area contributed by atoms with E-state index in [1.54, 1.807) is 48.5 Å². The summed E-state index contributed by atoms with van der Waals surface area (Å²) < 4.78 is 11.0. The van der Waals surface area contributed by atoms with E-state index in [-0.39, 0.29) is 6.61 Å². The van der Waals surface area contributed by atoms with Gasteiger partial charge in [0.1, 0.15) is 5.75 Å². The van der Waals surface area contributed by atoms with E-state index < -0.39 is 17.8 Å². The van der Waals surface area contributed by atoms with Gasteiger partial charge in [-0.15, -0.1) is 0 Å². The highest BCUT2D eigenvalue weighted by Gasteiger charge is 2.11. The summed E-state index contributed by atoms with van der Waals surface area (Å²) in [4.78, 5) is 35.5. The Morgan fingerprint density at radius 3 is 2.37 bits per heavy atom. The number of rotatable bonds is 7. The molecule has 8 heteroatoms. The number of carbonyl (C=O) groups is 3. The van der Waals surface area contributed by atoms with Gasteiger partial charge >= 0.3 is 5.97 Å². The molecule has 0 heterocycles. The summed E-state index contributed by atoms with van der Waals surface area (Å²) in [5.41, 5.74) is 5.38. The molecule has 0 radical (unpaired) electrons. The minimum Gasteiger partial charge on any atom is -0.484 e. The molecule has 142 valence electrons. The summed E-state index contributed by atoms with van der Waals surface area (Å²) in [5.74, 6) is -0.974. The summed E-state index contributed by atoms with van der Waals surface area (Å²) in [7, 11) is 0. The highest BCUT2D eigenvalue weighted by Crippen LogP contribution is 2.15. The molecule has 2 aromatic rings. The van der Waals surface area contributed by atoms with Crippen molar-refractivity contribution in [3.05, 3.63) is 64.1 Å². The van der Waals surface area contributed by atoms with E-state index in [0.29, 0.717) is 28.0 Å². The van der Waals surface area contributed by atoms with Gasteiger partial charge < -0.3 is 9.47 Å². The minimum atomic E-state index is -0.526. The lowest BCUT2D eigenvalue weighted by molar-refractivity contribution is -0.123. The average Bonchev–Trinajstić information content (AvgIpc) is 2.69. The zero-order chi connectivity index (χ0) is 19.6. The SMILES string of the molecule is CCCOC(=O)c1ccc(OCC(=O)NNC(=O)c2ccccc2Br)cc1. The van der Waals surface area contributed by atoms with Crippen LogP contribution in [-0.4, -0.2) is 31.0 Å². The fourth-order valence-corrected chi connectivity index (χ4v) is 2.45.